The van der Waals surface area contributed by atoms with E-state index in [-0.39, 0.29) is 16.6 Å². The lowest BCUT2D eigenvalue weighted by atomic mass is 10.2. The van der Waals surface area contributed by atoms with E-state index >= 15 is 0 Å². The molecule has 4 nitrogen and oxygen atoms in total. The van der Waals surface area contributed by atoms with Gasteiger partial charge in [0, 0.05) is 21.2 Å². The van der Waals surface area contributed by atoms with Crippen molar-refractivity contribution < 1.29 is 13.7 Å². The molecule has 2 aromatic carbocycles. The first kappa shape index (κ1) is 18.5. The number of nitrogens with zero attached hydrogens (tertiary/aromatic N) is 1. The number of amides is 1. The van der Waals surface area contributed by atoms with E-state index in [2.05, 4.69) is 10.5 Å². The minimum atomic E-state index is -0.577. The van der Waals surface area contributed by atoms with Crippen LogP contribution in [0.15, 0.2) is 51.9 Å². The lowest BCUT2D eigenvalue weighted by Crippen LogP contribution is -2.14. The molecule has 3 aromatic rings. The maximum absolute atomic E-state index is 13.9. The van der Waals surface area contributed by atoms with Crippen molar-refractivity contribution in [3.8, 4) is 0 Å². The van der Waals surface area contributed by atoms with Crippen molar-refractivity contribution in [2.75, 3.05) is 5.32 Å². The molecule has 134 valence electrons. The maximum atomic E-state index is 13.9. The highest BCUT2D eigenvalue weighted by Gasteiger charge is 2.15. The maximum Gasteiger partial charge on any atom is 0.256 e. The van der Waals surface area contributed by atoms with E-state index in [0.717, 1.165) is 28.0 Å². The normalized spacial score (nSPS) is 10.8. The van der Waals surface area contributed by atoms with Gasteiger partial charge in [-0.2, -0.15) is 0 Å². The van der Waals surface area contributed by atoms with Crippen molar-refractivity contribution >= 4 is 35.0 Å². The second-order valence-electron chi connectivity index (χ2n) is 5.67. The van der Waals surface area contributed by atoms with Gasteiger partial charge in [0.15, 0.2) is 0 Å². The first-order valence-electron chi connectivity index (χ1n) is 7.85. The number of anilines is 1. The van der Waals surface area contributed by atoms with Crippen molar-refractivity contribution in [2.24, 2.45) is 0 Å². The Bertz CT molecular complexity index is 939. The highest BCUT2D eigenvalue weighted by molar-refractivity contribution is 7.98. The third kappa shape index (κ3) is 4.08. The van der Waals surface area contributed by atoms with Crippen molar-refractivity contribution in [2.45, 2.75) is 24.5 Å². The molecule has 1 aromatic heterocycles. The number of aromatic nitrogens is 1. The van der Waals surface area contributed by atoms with Gasteiger partial charge in [-0.1, -0.05) is 28.9 Å². The molecule has 1 amide bonds. The molecule has 0 radical (unpaired) electrons. The zero-order chi connectivity index (χ0) is 18.7. The second kappa shape index (κ2) is 7.93. The van der Waals surface area contributed by atoms with Gasteiger partial charge in [-0.15, -0.1) is 11.8 Å². The van der Waals surface area contributed by atoms with Crippen LogP contribution in [0, 0.1) is 19.7 Å². The van der Waals surface area contributed by atoms with Crippen LogP contribution in [0.1, 0.15) is 27.4 Å². The van der Waals surface area contributed by atoms with Crippen molar-refractivity contribution in [1.82, 2.24) is 5.16 Å². The average Bonchev–Trinajstić information content (AvgIpc) is 2.94. The number of hydrogen-bond donors (Lipinski definition) is 1. The van der Waals surface area contributed by atoms with Crippen molar-refractivity contribution in [3.63, 3.8) is 0 Å². The molecule has 0 fully saturated rings. The number of carbonyl (C=O) groups excluding carboxylic acids is 1. The summed E-state index contributed by atoms with van der Waals surface area (Å²) in [5, 5.41) is 6.81. The molecule has 0 bridgehead atoms. The Morgan fingerprint density at radius 3 is 2.73 bits per heavy atom. The highest BCUT2D eigenvalue weighted by atomic mass is 35.5. The van der Waals surface area contributed by atoms with Crippen molar-refractivity contribution in [1.29, 1.82) is 0 Å². The van der Waals surface area contributed by atoms with Gasteiger partial charge in [0.05, 0.1) is 16.9 Å². The van der Waals surface area contributed by atoms with E-state index in [0.29, 0.717) is 11.3 Å². The Hall–Kier alpha value is -2.31. The van der Waals surface area contributed by atoms with Gasteiger partial charge in [-0.3, -0.25) is 4.79 Å². The second-order valence-corrected chi connectivity index (χ2v) is 7.12. The number of benzene rings is 2. The lowest BCUT2D eigenvalue weighted by Gasteiger charge is -2.10. The number of carbonyl (C=O) groups is 1. The molecule has 0 saturated heterocycles. The number of hydrogen-bond acceptors (Lipinski definition) is 4. The number of halogens is 2. The molecule has 0 unspecified atom stereocenters. The monoisotopic (exact) mass is 390 g/mol. The van der Waals surface area contributed by atoms with E-state index < -0.39 is 5.82 Å². The molecule has 7 heteroatoms. The minimum Gasteiger partial charge on any atom is -0.361 e. The predicted molar refractivity (Wildman–Crippen MR) is 101 cm³/mol. The molecule has 0 aliphatic rings. The molecule has 3 rings (SSSR count). The third-order valence-corrected chi connectivity index (χ3v) is 5.20. The smallest absolute Gasteiger partial charge is 0.256 e. The largest absolute Gasteiger partial charge is 0.361 e. The molecule has 1 N–H and O–H groups in total. The Morgan fingerprint density at radius 1 is 1.27 bits per heavy atom. The summed E-state index contributed by atoms with van der Waals surface area (Å²) in [6.07, 6.45) is 0. The van der Waals surface area contributed by atoms with Crippen LogP contribution in [0.2, 0.25) is 5.02 Å². The number of aryl methyl sites for hydroxylation is 2. The van der Waals surface area contributed by atoms with Crippen LogP contribution in [-0.2, 0) is 5.75 Å². The van der Waals surface area contributed by atoms with Gasteiger partial charge >= 0.3 is 0 Å². The summed E-state index contributed by atoms with van der Waals surface area (Å²) in [6, 6.07) is 11.3. The van der Waals surface area contributed by atoms with Gasteiger partial charge in [0.1, 0.15) is 11.6 Å². The average molecular weight is 391 g/mol. The highest BCUT2D eigenvalue weighted by Crippen LogP contribution is 2.29. The summed E-state index contributed by atoms with van der Waals surface area (Å²) in [4.78, 5) is 13.4. The summed E-state index contributed by atoms with van der Waals surface area (Å²) in [5.74, 6) is 0.431. The molecule has 0 aliphatic heterocycles. The van der Waals surface area contributed by atoms with E-state index in [4.69, 9.17) is 16.1 Å². The van der Waals surface area contributed by atoms with E-state index in [1.807, 2.05) is 26.0 Å². The first-order valence-corrected chi connectivity index (χ1v) is 9.22. The summed E-state index contributed by atoms with van der Waals surface area (Å²) in [5.41, 5.74) is 2.40. The third-order valence-electron chi connectivity index (χ3n) is 3.86. The Kier molecular flexibility index (Phi) is 5.64. The van der Waals surface area contributed by atoms with Gasteiger partial charge < -0.3 is 9.84 Å². The standard InChI is InChI=1S/C19H16ClFN2O2S/c1-11-15(12(2)25-23-11)10-26-18-6-4-3-5-14(18)19(24)22-17-8-7-13(20)9-16(17)21/h3-9H,10H2,1-2H3,(H,22,24). The Morgan fingerprint density at radius 2 is 2.04 bits per heavy atom. The minimum absolute atomic E-state index is 0.0879. The fourth-order valence-corrected chi connectivity index (χ4v) is 3.78. The first-order chi connectivity index (χ1) is 12.5. The Balaban J connectivity index is 1.79. The van der Waals surface area contributed by atoms with Crippen LogP contribution in [0.4, 0.5) is 10.1 Å². The quantitative estimate of drug-likeness (QED) is 0.574. The molecule has 0 saturated carbocycles. The van der Waals surface area contributed by atoms with Gasteiger partial charge in [0.25, 0.3) is 5.91 Å². The SMILES string of the molecule is Cc1noc(C)c1CSc1ccccc1C(=O)Nc1ccc(Cl)cc1F. The van der Waals surface area contributed by atoms with Crippen LogP contribution >= 0.6 is 23.4 Å². The predicted octanol–water partition coefficient (Wildman–Crippen LogP) is 5.63. The zero-order valence-electron chi connectivity index (χ0n) is 14.2. The van der Waals surface area contributed by atoms with E-state index in [9.17, 15) is 9.18 Å². The van der Waals surface area contributed by atoms with Gasteiger partial charge in [0.2, 0.25) is 0 Å². The molecule has 0 spiro atoms. The summed E-state index contributed by atoms with van der Waals surface area (Å²) >= 11 is 7.25. The molecule has 0 aliphatic carbocycles. The molecular weight excluding hydrogens is 375 g/mol. The summed E-state index contributed by atoms with van der Waals surface area (Å²) in [7, 11) is 0. The summed E-state index contributed by atoms with van der Waals surface area (Å²) < 4.78 is 19.1. The van der Waals surface area contributed by atoms with Gasteiger partial charge in [-0.05, 0) is 44.2 Å². The Labute approximate surface area is 159 Å². The lowest BCUT2D eigenvalue weighted by molar-refractivity contribution is 0.102. The van der Waals surface area contributed by atoms with Crippen LogP contribution in [0.5, 0.6) is 0 Å². The number of nitrogens with one attached hydrogen (secondary N) is 1. The molecule has 26 heavy (non-hydrogen) atoms. The van der Waals surface area contributed by atoms with Gasteiger partial charge in [-0.25, -0.2) is 4.39 Å². The van der Waals surface area contributed by atoms with Crippen LogP contribution in [0.3, 0.4) is 0 Å². The van der Waals surface area contributed by atoms with Crippen LogP contribution in [0.25, 0.3) is 0 Å². The van der Waals surface area contributed by atoms with Crippen LogP contribution in [-0.4, -0.2) is 11.1 Å². The van der Waals surface area contributed by atoms with Crippen molar-refractivity contribution in [3.05, 3.63) is 75.9 Å². The number of rotatable bonds is 5. The molecule has 1 heterocycles. The molecule has 0 atom stereocenters. The fraction of sp³-hybridized carbons (Fsp3) is 0.158. The van der Waals surface area contributed by atoms with E-state index in [1.54, 1.807) is 12.1 Å². The topological polar surface area (TPSA) is 55.1 Å². The van der Waals surface area contributed by atoms with E-state index in [1.165, 1.54) is 23.9 Å². The zero-order valence-corrected chi connectivity index (χ0v) is 15.7. The summed E-state index contributed by atoms with van der Waals surface area (Å²) in [6.45, 7) is 3.74. The fourth-order valence-electron chi connectivity index (χ4n) is 2.42. The number of thioether (sulfide) groups is 1. The molecular formula is C19H16ClFN2O2S. The van der Waals surface area contributed by atoms with Crippen LogP contribution < -0.4 is 5.32 Å².